The highest BCUT2D eigenvalue weighted by Gasteiger charge is 2.67. The molecule has 0 N–H and O–H groups in total. The highest BCUT2D eigenvalue weighted by molar-refractivity contribution is 5.29. The molecule has 1 heterocycles. The van der Waals surface area contributed by atoms with E-state index in [1.807, 2.05) is 0 Å². The van der Waals surface area contributed by atoms with Crippen LogP contribution in [0.4, 0.5) is 0 Å². The van der Waals surface area contributed by atoms with Crippen LogP contribution in [0.5, 0.6) is 0 Å². The topological polar surface area (TPSA) is 12.5 Å². The van der Waals surface area contributed by atoms with Gasteiger partial charge in [-0.3, -0.25) is 0 Å². The normalized spacial score (nSPS) is 46.3. The number of epoxide rings is 1. The number of hydrogen-bond acceptors (Lipinski definition) is 1. The Bertz CT molecular complexity index is 386. The molecule has 2 saturated carbocycles. The second-order valence-electron chi connectivity index (χ2n) is 5.44. The van der Waals surface area contributed by atoms with Crippen LogP contribution in [0.15, 0.2) is 30.3 Å². The number of rotatable bonds is 1. The first-order valence-corrected chi connectivity index (χ1v) is 6.11. The van der Waals surface area contributed by atoms with Crippen molar-refractivity contribution < 1.29 is 4.74 Å². The highest BCUT2D eigenvalue weighted by atomic mass is 16.6. The third-order valence-electron chi connectivity index (χ3n) is 4.67. The summed E-state index contributed by atoms with van der Waals surface area (Å²) in [5, 5.41) is 0. The van der Waals surface area contributed by atoms with Gasteiger partial charge in [-0.2, -0.15) is 0 Å². The van der Waals surface area contributed by atoms with Gasteiger partial charge in [0.2, 0.25) is 0 Å². The van der Waals surface area contributed by atoms with Gasteiger partial charge >= 0.3 is 0 Å². The number of ether oxygens (including phenoxy) is 1. The van der Waals surface area contributed by atoms with Gasteiger partial charge in [0.25, 0.3) is 0 Å². The number of benzene rings is 1. The molecule has 1 saturated heterocycles. The summed E-state index contributed by atoms with van der Waals surface area (Å²) in [6, 6.07) is 10.8. The van der Waals surface area contributed by atoms with E-state index in [9.17, 15) is 0 Å². The van der Waals surface area contributed by atoms with Gasteiger partial charge in [-0.15, -0.1) is 0 Å². The minimum atomic E-state index is 0.282. The minimum absolute atomic E-state index is 0.282. The second-order valence-corrected chi connectivity index (χ2v) is 5.44. The van der Waals surface area contributed by atoms with Crippen molar-refractivity contribution in [3.63, 3.8) is 0 Å². The summed E-state index contributed by atoms with van der Waals surface area (Å²) in [7, 11) is 0. The summed E-state index contributed by atoms with van der Waals surface area (Å²) in [5.41, 5.74) is 1.68. The van der Waals surface area contributed by atoms with E-state index >= 15 is 0 Å². The second kappa shape index (κ2) is 2.65. The zero-order valence-electron chi connectivity index (χ0n) is 8.86. The fourth-order valence-corrected chi connectivity index (χ4v) is 3.95. The third kappa shape index (κ3) is 1.02. The van der Waals surface area contributed by atoms with E-state index in [2.05, 4.69) is 30.3 Å². The molecule has 3 aliphatic rings. The Labute approximate surface area is 90.4 Å². The highest BCUT2D eigenvalue weighted by Crippen LogP contribution is 2.67. The van der Waals surface area contributed by atoms with Crippen molar-refractivity contribution in [1.82, 2.24) is 0 Å². The standard InChI is InChI=1S/C14H16O/c1-2-4-11(5-3-1)13-14(15-13)9-10-6-7-12(14)8-10/h1-5,10,12-13H,6-9H2. The lowest BCUT2D eigenvalue weighted by Crippen LogP contribution is -2.20. The molecule has 3 fully saturated rings. The molecule has 15 heavy (non-hydrogen) atoms. The van der Waals surface area contributed by atoms with Crippen molar-refractivity contribution in [3.05, 3.63) is 35.9 Å². The van der Waals surface area contributed by atoms with Crippen molar-refractivity contribution in [3.8, 4) is 0 Å². The molecule has 2 aliphatic carbocycles. The van der Waals surface area contributed by atoms with Gasteiger partial charge in [-0.1, -0.05) is 30.3 Å². The lowest BCUT2D eigenvalue weighted by molar-refractivity contribution is 0.216. The Kier molecular flexibility index (Phi) is 1.47. The van der Waals surface area contributed by atoms with Gasteiger partial charge in [-0.05, 0) is 43.1 Å². The molecular weight excluding hydrogens is 184 g/mol. The predicted molar refractivity (Wildman–Crippen MR) is 58.4 cm³/mol. The summed E-state index contributed by atoms with van der Waals surface area (Å²) >= 11 is 0. The van der Waals surface area contributed by atoms with Gasteiger partial charge in [0.15, 0.2) is 0 Å². The molecule has 4 rings (SSSR count). The molecule has 1 aromatic carbocycles. The minimum Gasteiger partial charge on any atom is -0.361 e. The Hall–Kier alpha value is -0.820. The molecule has 1 aliphatic heterocycles. The molecule has 0 amide bonds. The van der Waals surface area contributed by atoms with E-state index in [0.717, 1.165) is 11.8 Å². The van der Waals surface area contributed by atoms with Gasteiger partial charge in [0, 0.05) is 0 Å². The lowest BCUT2D eigenvalue weighted by Gasteiger charge is -2.18. The number of fused-ring (bicyclic) bond motifs is 3. The quantitative estimate of drug-likeness (QED) is 0.633. The summed E-state index contributed by atoms with van der Waals surface area (Å²) in [4.78, 5) is 0. The van der Waals surface area contributed by atoms with E-state index in [0.29, 0.717) is 6.10 Å². The van der Waals surface area contributed by atoms with Crippen LogP contribution in [0.1, 0.15) is 37.4 Å². The first kappa shape index (κ1) is 8.35. The van der Waals surface area contributed by atoms with Gasteiger partial charge < -0.3 is 4.74 Å². The maximum Gasteiger partial charge on any atom is 0.113 e. The number of hydrogen-bond donors (Lipinski definition) is 0. The van der Waals surface area contributed by atoms with Crippen LogP contribution in [0.25, 0.3) is 0 Å². The molecule has 2 bridgehead atoms. The molecule has 1 heteroatoms. The summed E-state index contributed by atoms with van der Waals surface area (Å²) < 4.78 is 6.09. The molecule has 1 nitrogen and oxygen atoms in total. The fraction of sp³-hybridized carbons (Fsp3) is 0.571. The van der Waals surface area contributed by atoms with Crippen molar-refractivity contribution in [1.29, 1.82) is 0 Å². The van der Waals surface area contributed by atoms with Crippen LogP contribution < -0.4 is 0 Å². The van der Waals surface area contributed by atoms with Crippen LogP contribution >= 0.6 is 0 Å². The van der Waals surface area contributed by atoms with Crippen LogP contribution in [0.2, 0.25) is 0 Å². The van der Waals surface area contributed by atoms with E-state index < -0.39 is 0 Å². The van der Waals surface area contributed by atoms with E-state index in [-0.39, 0.29) is 5.60 Å². The fourth-order valence-electron chi connectivity index (χ4n) is 3.95. The van der Waals surface area contributed by atoms with Crippen LogP contribution in [0.3, 0.4) is 0 Å². The maximum absolute atomic E-state index is 6.09. The molecular formula is C14H16O. The lowest BCUT2D eigenvalue weighted by atomic mass is 9.84. The van der Waals surface area contributed by atoms with Crippen molar-refractivity contribution in [2.45, 2.75) is 37.4 Å². The smallest absolute Gasteiger partial charge is 0.113 e. The maximum atomic E-state index is 6.09. The summed E-state index contributed by atoms with van der Waals surface area (Å²) in [5.74, 6) is 1.84. The average molecular weight is 200 g/mol. The summed E-state index contributed by atoms with van der Waals surface area (Å²) in [6.45, 7) is 0. The Balaban J connectivity index is 1.64. The van der Waals surface area contributed by atoms with Crippen molar-refractivity contribution >= 4 is 0 Å². The van der Waals surface area contributed by atoms with E-state index in [1.165, 1.54) is 31.2 Å². The van der Waals surface area contributed by atoms with Crippen LogP contribution in [-0.2, 0) is 4.74 Å². The zero-order chi connectivity index (χ0) is 9.88. The van der Waals surface area contributed by atoms with Crippen LogP contribution in [0, 0.1) is 11.8 Å². The Morgan fingerprint density at radius 3 is 2.67 bits per heavy atom. The van der Waals surface area contributed by atoms with E-state index in [4.69, 9.17) is 4.74 Å². The zero-order valence-corrected chi connectivity index (χ0v) is 8.86. The van der Waals surface area contributed by atoms with Crippen molar-refractivity contribution in [2.24, 2.45) is 11.8 Å². The SMILES string of the molecule is c1ccc(C2OC23CC2CCC3C2)cc1. The predicted octanol–water partition coefficient (Wildman–Crippen LogP) is 3.32. The molecule has 1 aromatic rings. The molecule has 78 valence electrons. The molecule has 0 radical (unpaired) electrons. The van der Waals surface area contributed by atoms with E-state index in [1.54, 1.807) is 0 Å². The largest absolute Gasteiger partial charge is 0.361 e. The van der Waals surface area contributed by atoms with Gasteiger partial charge in [0.1, 0.15) is 11.7 Å². The monoisotopic (exact) mass is 200 g/mol. The van der Waals surface area contributed by atoms with Gasteiger partial charge in [0.05, 0.1) is 0 Å². The Morgan fingerprint density at radius 1 is 1.13 bits per heavy atom. The summed E-state index contributed by atoms with van der Waals surface area (Å²) in [6.07, 6.45) is 6.06. The molecule has 0 aromatic heterocycles. The molecule has 1 spiro atoms. The van der Waals surface area contributed by atoms with Crippen LogP contribution in [-0.4, -0.2) is 5.60 Å². The first-order valence-electron chi connectivity index (χ1n) is 6.11. The first-order chi connectivity index (χ1) is 7.38. The molecule has 4 unspecified atom stereocenters. The van der Waals surface area contributed by atoms with Crippen molar-refractivity contribution in [2.75, 3.05) is 0 Å². The average Bonchev–Trinajstić information content (AvgIpc) is 2.67. The Morgan fingerprint density at radius 2 is 2.00 bits per heavy atom. The van der Waals surface area contributed by atoms with Gasteiger partial charge in [-0.25, -0.2) is 0 Å². The molecule has 4 atom stereocenters. The third-order valence-corrected chi connectivity index (χ3v) is 4.67.